The van der Waals surface area contributed by atoms with Crippen molar-refractivity contribution in [3.63, 3.8) is 0 Å². The lowest BCUT2D eigenvalue weighted by Gasteiger charge is -2.30. The van der Waals surface area contributed by atoms with E-state index in [1.807, 2.05) is 0 Å². The van der Waals surface area contributed by atoms with Gasteiger partial charge in [0.05, 0.1) is 5.02 Å². The van der Waals surface area contributed by atoms with Gasteiger partial charge in [-0.1, -0.05) is 11.6 Å². The first-order valence-corrected chi connectivity index (χ1v) is 6.63. The molecule has 1 unspecified atom stereocenters. The molecule has 0 radical (unpaired) electrons. The smallest absolute Gasteiger partial charge is 0.141 e. The minimum Gasteiger partial charge on any atom is -0.396 e. The van der Waals surface area contributed by atoms with Gasteiger partial charge in [0, 0.05) is 31.4 Å². The van der Waals surface area contributed by atoms with Crippen molar-refractivity contribution in [1.29, 1.82) is 0 Å². The Balaban J connectivity index is 2.17. The van der Waals surface area contributed by atoms with E-state index in [1.54, 1.807) is 12.1 Å². The lowest BCUT2D eigenvalue weighted by Crippen LogP contribution is -2.38. The van der Waals surface area contributed by atoms with E-state index in [4.69, 9.17) is 16.7 Å². The van der Waals surface area contributed by atoms with Crippen molar-refractivity contribution in [3.05, 3.63) is 29.0 Å². The minimum atomic E-state index is -0.396. The highest BCUT2D eigenvalue weighted by molar-refractivity contribution is 6.31. The molecule has 1 aromatic rings. The third-order valence-electron chi connectivity index (χ3n) is 3.27. The van der Waals surface area contributed by atoms with Crippen molar-refractivity contribution < 1.29 is 9.50 Å². The summed E-state index contributed by atoms with van der Waals surface area (Å²) in [7, 11) is 0. The summed E-state index contributed by atoms with van der Waals surface area (Å²) < 4.78 is 13.2. The lowest BCUT2D eigenvalue weighted by atomic mass is 10.1. The van der Waals surface area contributed by atoms with Gasteiger partial charge in [0.25, 0.3) is 0 Å². The number of aliphatic hydroxyl groups is 1. The van der Waals surface area contributed by atoms with Gasteiger partial charge >= 0.3 is 0 Å². The molecule has 1 atom stereocenters. The molecular weight excluding hydrogens is 255 g/mol. The summed E-state index contributed by atoms with van der Waals surface area (Å²) in [6, 6.07) is 5.19. The molecule has 1 heterocycles. The Labute approximate surface area is 112 Å². The number of hydrogen-bond donors (Lipinski definition) is 2. The summed E-state index contributed by atoms with van der Waals surface area (Å²) in [6.45, 7) is 2.83. The largest absolute Gasteiger partial charge is 0.396 e. The van der Waals surface area contributed by atoms with Crippen molar-refractivity contribution in [2.75, 3.05) is 31.1 Å². The van der Waals surface area contributed by atoms with Gasteiger partial charge in [0.2, 0.25) is 0 Å². The molecule has 5 heteroatoms. The zero-order chi connectivity index (χ0) is 13.0. The molecule has 1 aromatic carbocycles. The third-order valence-corrected chi connectivity index (χ3v) is 3.56. The van der Waals surface area contributed by atoms with Crippen LogP contribution >= 0.6 is 11.6 Å². The third kappa shape index (κ3) is 3.13. The maximum atomic E-state index is 13.2. The molecule has 1 saturated heterocycles. The summed E-state index contributed by atoms with van der Waals surface area (Å²) in [4.78, 5) is 2.20. The van der Waals surface area contributed by atoms with Crippen LogP contribution in [0.1, 0.15) is 12.8 Å². The van der Waals surface area contributed by atoms with E-state index in [1.165, 1.54) is 6.07 Å². The van der Waals surface area contributed by atoms with Crippen LogP contribution in [0, 0.1) is 5.82 Å². The number of aliphatic hydroxyl groups excluding tert-OH is 1. The van der Waals surface area contributed by atoms with Crippen LogP contribution in [0.25, 0.3) is 0 Å². The first kappa shape index (κ1) is 13.6. The highest BCUT2D eigenvalue weighted by Crippen LogP contribution is 2.25. The molecule has 2 rings (SSSR count). The Hall–Kier alpha value is -0.840. The number of anilines is 1. The van der Waals surface area contributed by atoms with E-state index in [-0.39, 0.29) is 11.6 Å². The van der Waals surface area contributed by atoms with Crippen LogP contribution in [0.15, 0.2) is 18.2 Å². The summed E-state index contributed by atoms with van der Waals surface area (Å²) in [5.74, 6) is -0.396. The number of rotatable bonds is 5. The number of benzene rings is 1. The van der Waals surface area contributed by atoms with Crippen molar-refractivity contribution in [1.82, 2.24) is 5.32 Å². The van der Waals surface area contributed by atoms with Crippen LogP contribution in [-0.4, -0.2) is 37.4 Å². The van der Waals surface area contributed by atoms with Crippen LogP contribution in [0.2, 0.25) is 5.02 Å². The standard InChI is InChI=1S/C13H18ClFN2O/c14-12-8-10(2-3-13(12)15)17(6-1-7-18)11-4-5-16-9-11/h2-3,8,11,16,18H,1,4-7,9H2. The van der Waals surface area contributed by atoms with Gasteiger partial charge in [-0.05, 0) is 37.6 Å². The van der Waals surface area contributed by atoms with Crippen LogP contribution in [0.5, 0.6) is 0 Å². The van der Waals surface area contributed by atoms with Gasteiger partial charge in [-0.3, -0.25) is 0 Å². The van der Waals surface area contributed by atoms with Crippen LogP contribution in [-0.2, 0) is 0 Å². The molecule has 0 bridgehead atoms. The molecule has 1 aliphatic rings. The van der Waals surface area contributed by atoms with Crippen molar-refractivity contribution in [2.24, 2.45) is 0 Å². The van der Waals surface area contributed by atoms with Crippen molar-refractivity contribution in [2.45, 2.75) is 18.9 Å². The van der Waals surface area contributed by atoms with E-state index in [2.05, 4.69) is 10.2 Å². The van der Waals surface area contributed by atoms with E-state index in [0.717, 1.165) is 31.7 Å². The molecule has 18 heavy (non-hydrogen) atoms. The van der Waals surface area contributed by atoms with E-state index < -0.39 is 5.82 Å². The predicted octanol–water partition coefficient (Wildman–Crippen LogP) is 2.03. The van der Waals surface area contributed by atoms with Gasteiger partial charge in [0.1, 0.15) is 5.82 Å². The van der Waals surface area contributed by atoms with Gasteiger partial charge < -0.3 is 15.3 Å². The minimum absolute atomic E-state index is 0.146. The highest BCUT2D eigenvalue weighted by atomic mass is 35.5. The fourth-order valence-corrected chi connectivity index (χ4v) is 2.51. The Kier molecular flexibility index (Phi) is 4.80. The highest BCUT2D eigenvalue weighted by Gasteiger charge is 2.22. The first-order chi connectivity index (χ1) is 8.72. The number of hydrogen-bond acceptors (Lipinski definition) is 3. The first-order valence-electron chi connectivity index (χ1n) is 6.25. The quantitative estimate of drug-likeness (QED) is 0.861. The molecule has 0 aliphatic carbocycles. The number of halogens is 2. The Bertz CT molecular complexity index is 397. The Morgan fingerprint density at radius 3 is 2.94 bits per heavy atom. The van der Waals surface area contributed by atoms with Gasteiger partial charge in [-0.2, -0.15) is 0 Å². The molecule has 1 fully saturated rings. The van der Waals surface area contributed by atoms with Gasteiger partial charge in [0.15, 0.2) is 0 Å². The predicted molar refractivity (Wildman–Crippen MR) is 71.7 cm³/mol. The second-order valence-electron chi connectivity index (χ2n) is 4.52. The number of nitrogens with zero attached hydrogens (tertiary/aromatic N) is 1. The molecule has 0 spiro atoms. The van der Waals surface area contributed by atoms with E-state index in [9.17, 15) is 4.39 Å². The molecule has 1 aliphatic heterocycles. The topological polar surface area (TPSA) is 35.5 Å². The molecule has 100 valence electrons. The zero-order valence-electron chi connectivity index (χ0n) is 10.2. The Morgan fingerprint density at radius 2 is 2.33 bits per heavy atom. The molecule has 0 amide bonds. The summed E-state index contributed by atoms with van der Waals surface area (Å²) in [5.41, 5.74) is 0.920. The molecule has 2 N–H and O–H groups in total. The molecule has 3 nitrogen and oxygen atoms in total. The van der Waals surface area contributed by atoms with E-state index >= 15 is 0 Å². The average Bonchev–Trinajstić information content (AvgIpc) is 2.88. The van der Waals surface area contributed by atoms with Gasteiger partial charge in [-0.25, -0.2) is 4.39 Å². The van der Waals surface area contributed by atoms with Gasteiger partial charge in [-0.15, -0.1) is 0 Å². The van der Waals surface area contributed by atoms with Crippen LogP contribution in [0.4, 0.5) is 10.1 Å². The Morgan fingerprint density at radius 1 is 1.50 bits per heavy atom. The molecule has 0 aromatic heterocycles. The maximum Gasteiger partial charge on any atom is 0.141 e. The van der Waals surface area contributed by atoms with E-state index in [0.29, 0.717) is 12.5 Å². The summed E-state index contributed by atoms with van der Waals surface area (Å²) in [6.07, 6.45) is 1.76. The summed E-state index contributed by atoms with van der Waals surface area (Å²) in [5, 5.41) is 12.4. The molecule has 0 saturated carbocycles. The second kappa shape index (κ2) is 6.36. The fraction of sp³-hybridized carbons (Fsp3) is 0.538. The zero-order valence-corrected chi connectivity index (χ0v) is 11.0. The average molecular weight is 273 g/mol. The maximum absolute atomic E-state index is 13.2. The van der Waals surface area contributed by atoms with Crippen LogP contribution < -0.4 is 10.2 Å². The SMILES string of the molecule is OCCCN(c1ccc(F)c(Cl)c1)C1CCNC1. The lowest BCUT2D eigenvalue weighted by molar-refractivity contribution is 0.288. The fourth-order valence-electron chi connectivity index (χ4n) is 2.33. The molecular formula is C13H18ClFN2O. The summed E-state index contributed by atoms with van der Waals surface area (Å²) >= 11 is 5.83. The van der Waals surface area contributed by atoms with Crippen molar-refractivity contribution in [3.8, 4) is 0 Å². The normalized spacial score (nSPS) is 19.2. The van der Waals surface area contributed by atoms with Crippen molar-refractivity contribution >= 4 is 17.3 Å². The second-order valence-corrected chi connectivity index (χ2v) is 4.92. The number of nitrogens with one attached hydrogen (secondary N) is 1. The van der Waals surface area contributed by atoms with Crippen LogP contribution in [0.3, 0.4) is 0 Å². The monoisotopic (exact) mass is 272 g/mol.